The zero-order valence-corrected chi connectivity index (χ0v) is 37.9. The fourth-order valence-electron chi connectivity index (χ4n) is 9.02. The summed E-state index contributed by atoms with van der Waals surface area (Å²) >= 11 is 0. The molecule has 63 heavy (non-hydrogen) atoms. The van der Waals surface area contributed by atoms with E-state index in [1.165, 1.54) is 6.07 Å². The molecule has 2 atom stereocenters. The Balaban J connectivity index is 0.938. The predicted molar refractivity (Wildman–Crippen MR) is 253 cm³/mol. The number of carbonyl (C=O) groups is 1. The van der Waals surface area contributed by atoms with Crippen molar-refractivity contribution >= 4 is 48.2 Å². The Bertz CT molecular complexity index is 2740. The van der Waals surface area contributed by atoms with Crippen molar-refractivity contribution in [3.8, 4) is 16.9 Å². The number of oxazole rings is 1. The van der Waals surface area contributed by atoms with E-state index in [1.54, 1.807) is 21.6 Å². The zero-order valence-electron chi connectivity index (χ0n) is 36.9. The molecular formula is C50H59N5O7Si. The van der Waals surface area contributed by atoms with Crippen LogP contribution in [0.15, 0.2) is 111 Å². The summed E-state index contributed by atoms with van der Waals surface area (Å²) < 4.78 is 14.3. The molecule has 3 saturated heterocycles. The molecule has 4 N–H and O–H groups in total. The standard InChI is InChI=1S/C50H59N5O7Si/c1-50(2,3)63(4,5)62-45(38-17-20-43(56)47-39(38)18-21-46(57)52-47)31-51-25-22-34-15-19-40-44(30-34)61-49(60)54(40)26-10-9-11-33-14-16-37(35-12-7-6-8-13-35)41(29-33)55(48(58)59)42-32-53-27-23-36(42)24-28-53/h6-9,11-21,29-30,36,42,45,51,56H,10,22-28,31-32H2,1-5H3,(H,52,57)(H,58,59)/t42?,45-/m0/s1. The number of pyridine rings is 1. The van der Waals surface area contributed by atoms with Gasteiger partial charge in [-0.2, -0.15) is 0 Å². The number of hydrogen-bond donors (Lipinski definition) is 4. The Morgan fingerprint density at radius 1 is 1.02 bits per heavy atom. The van der Waals surface area contributed by atoms with Gasteiger partial charge in [-0.15, -0.1) is 0 Å². The Morgan fingerprint density at radius 2 is 1.79 bits per heavy atom. The largest absolute Gasteiger partial charge is 0.506 e. The lowest BCUT2D eigenvalue weighted by Gasteiger charge is -2.48. The molecule has 4 aromatic carbocycles. The number of phenols is 1. The highest BCUT2D eigenvalue weighted by Gasteiger charge is 2.41. The minimum absolute atomic E-state index is 0.0157. The third kappa shape index (κ3) is 9.47. The van der Waals surface area contributed by atoms with Gasteiger partial charge in [-0.25, -0.2) is 9.59 Å². The summed E-state index contributed by atoms with van der Waals surface area (Å²) in [4.78, 5) is 45.0. The number of benzene rings is 4. The summed E-state index contributed by atoms with van der Waals surface area (Å²) in [6.07, 6.45) is 6.05. The molecule has 0 radical (unpaired) electrons. The van der Waals surface area contributed by atoms with E-state index in [9.17, 15) is 24.6 Å². The minimum Gasteiger partial charge on any atom is -0.506 e. The number of anilines is 1. The first-order valence-electron chi connectivity index (χ1n) is 22.1. The smallest absolute Gasteiger partial charge is 0.419 e. The van der Waals surface area contributed by atoms with Gasteiger partial charge in [0.25, 0.3) is 0 Å². The minimum atomic E-state index is -2.23. The molecule has 0 aliphatic carbocycles. The number of fused-ring (bicyclic) bond motifs is 5. The van der Waals surface area contributed by atoms with E-state index in [4.69, 9.17) is 8.84 Å². The van der Waals surface area contributed by atoms with Crippen molar-refractivity contribution < 1.29 is 23.9 Å². The molecule has 13 heteroatoms. The quantitative estimate of drug-likeness (QED) is 0.0584. The number of hydrogen-bond acceptors (Lipinski definition) is 8. The molecule has 3 aliphatic heterocycles. The average molecular weight is 870 g/mol. The SMILES string of the molecule is CC(C)(C)[Si](C)(C)O[C@@H](CNCCc1ccc2c(c1)oc(=O)n2CCC=Cc1ccc(-c2ccccc2)c(N(C(=O)O)C2CN3CCC2CC3)c1)c1ccc(O)c2[nH]c(=O)ccc12. The van der Waals surface area contributed by atoms with Crippen LogP contribution in [-0.4, -0.2) is 77.8 Å². The molecule has 3 fully saturated rings. The Kier molecular flexibility index (Phi) is 12.7. The first-order chi connectivity index (χ1) is 30.2. The number of H-pyrrole nitrogens is 1. The number of phenolic OH excluding ortho intramolecular Hbond substituents is 1. The van der Waals surface area contributed by atoms with Gasteiger partial charge in [-0.1, -0.05) is 87.5 Å². The first-order valence-corrected chi connectivity index (χ1v) is 25.0. The number of rotatable bonds is 15. The Labute approximate surface area is 368 Å². The van der Waals surface area contributed by atoms with Gasteiger partial charge in [0.05, 0.1) is 28.9 Å². The summed E-state index contributed by atoms with van der Waals surface area (Å²) in [5.74, 6) is -0.0580. The van der Waals surface area contributed by atoms with Crippen LogP contribution in [0.3, 0.4) is 0 Å². The summed E-state index contributed by atoms with van der Waals surface area (Å²) in [6, 6.07) is 28.5. The molecule has 1 unspecified atom stereocenters. The van der Waals surface area contributed by atoms with Crippen molar-refractivity contribution in [2.24, 2.45) is 5.92 Å². The lowest BCUT2D eigenvalue weighted by atomic mass is 9.82. The molecule has 5 heterocycles. The zero-order chi connectivity index (χ0) is 44.5. The summed E-state index contributed by atoms with van der Waals surface area (Å²) in [7, 11) is -2.23. The van der Waals surface area contributed by atoms with Crippen molar-refractivity contribution in [3.63, 3.8) is 0 Å². The monoisotopic (exact) mass is 869 g/mol. The molecule has 0 saturated carbocycles. The fourth-order valence-corrected chi connectivity index (χ4v) is 10.3. The van der Waals surface area contributed by atoms with Crippen molar-refractivity contribution in [3.05, 3.63) is 135 Å². The van der Waals surface area contributed by atoms with Crippen LogP contribution in [0.4, 0.5) is 10.5 Å². The number of amides is 1. The van der Waals surface area contributed by atoms with E-state index in [2.05, 4.69) is 49.1 Å². The Hall–Kier alpha value is -5.73. The van der Waals surface area contributed by atoms with Crippen LogP contribution in [0.2, 0.25) is 18.1 Å². The molecular weight excluding hydrogens is 811 g/mol. The molecule has 2 aromatic heterocycles. The van der Waals surface area contributed by atoms with Crippen LogP contribution in [-0.2, 0) is 17.4 Å². The van der Waals surface area contributed by atoms with E-state index >= 15 is 0 Å². The molecule has 330 valence electrons. The highest BCUT2D eigenvalue weighted by molar-refractivity contribution is 6.74. The second kappa shape index (κ2) is 18.2. The third-order valence-corrected chi connectivity index (χ3v) is 18.0. The lowest BCUT2D eigenvalue weighted by Crippen LogP contribution is -2.59. The van der Waals surface area contributed by atoms with Crippen molar-refractivity contribution in [2.45, 2.75) is 83.3 Å². The van der Waals surface area contributed by atoms with E-state index in [-0.39, 0.29) is 28.5 Å². The lowest BCUT2D eigenvalue weighted by molar-refractivity contribution is 0.0838. The van der Waals surface area contributed by atoms with Crippen LogP contribution in [0.5, 0.6) is 5.75 Å². The molecule has 9 rings (SSSR count). The van der Waals surface area contributed by atoms with E-state index in [0.29, 0.717) is 55.2 Å². The maximum atomic E-state index is 13.1. The number of aromatic amines is 1. The van der Waals surface area contributed by atoms with Crippen molar-refractivity contribution in [1.29, 1.82) is 0 Å². The number of aryl methyl sites for hydroxylation is 1. The van der Waals surface area contributed by atoms with Crippen LogP contribution in [0.1, 0.15) is 62.8 Å². The number of allylic oxidation sites excluding steroid dienone is 1. The first kappa shape index (κ1) is 43.9. The number of piperidine rings is 3. The summed E-state index contributed by atoms with van der Waals surface area (Å²) in [5, 5.41) is 25.5. The number of aromatic nitrogens is 2. The van der Waals surface area contributed by atoms with Crippen molar-refractivity contribution in [2.75, 3.05) is 37.6 Å². The van der Waals surface area contributed by atoms with Crippen molar-refractivity contribution in [1.82, 2.24) is 19.8 Å². The highest BCUT2D eigenvalue weighted by atomic mass is 28.4. The van der Waals surface area contributed by atoms with Gasteiger partial charge in [0.1, 0.15) is 5.75 Å². The maximum Gasteiger partial charge on any atom is 0.419 e. The third-order valence-electron chi connectivity index (χ3n) is 13.5. The van der Waals surface area contributed by atoms with Gasteiger partial charge in [0, 0.05) is 36.7 Å². The van der Waals surface area contributed by atoms with Gasteiger partial charge in [-0.3, -0.25) is 14.3 Å². The van der Waals surface area contributed by atoms with Crippen LogP contribution in [0.25, 0.3) is 39.2 Å². The highest BCUT2D eigenvalue weighted by Crippen LogP contribution is 2.42. The second-order valence-electron chi connectivity index (χ2n) is 18.6. The van der Waals surface area contributed by atoms with E-state index in [1.807, 2.05) is 84.9 Å². The van der Waals surface area contributed by atoms with Gasteiger partial charge >= 0.3 is 11.8 Å². The fraction of sp³-hybridized carbons (Fsp3) is 0.380. The van der Waals surface area contributed by atoms with Crippen LogP contribution >= 0.6 is 0 Å². The molecule has 1 amide bonds. The molecule has 0 spiro atoms. The molecule has 12 nitrogen and oxygen atoms in total. The van der Waals surface area contributed by atoms with Crippen LogP contribution in [0, 0.1) is 5.92 Å². The van der Waals surface area contributed by atoms with E-state index in [0.717, 1.165) is 71.2 Å². The second-order valence-corrected chi connectivity index (χ2v) is 23.4. The number of nitrogens with one attached hydrogen (secondary N) is 2. The van der Waals surface area contributed by atoms with Gasteiger partial charge < -0.3 is 34.3 Å². The molecule has 2 bridgehead atoms. The van der Waals surface area contributed by atoms with Gasteiger partial charge in [0.15, 0.2) is 13.9 Å². The van der Waals surface area contributed by atoms with Crippen LogP contribution < -0.4 is 21.5 Å². The number of aromatic hydroxyl groups is 1. The topological polar surface area (TPSA) is 153 Å². The summed E-state index contributed by atoms with van der Waals surface area (Å²) in [6.45, 7) is 15.4. The van der Waals surface area contributed by atoms with E-state index < -0.39 is 20.2 Å². The number of carboxylic acid groups (broad SMARTS) is 1. The number of nitrogens with zero attached hydrogens (tertiary/aromatic N) is 3. The predicted octanol–water partition coefficient (Wildman–Crippen LogP) is 9.39. The van der Waals surface area contributed by atoms with Gasteiger partial charge in [0.2, 0.25) is 5.56 Å². The molecule has 6 aromatic rings. The maximum absolute atomic E-state index is 13.1. The van der Waals surface area contributed by atoms with Gasteiger partial charge in [-0.05, 0) is 122 Å². The molecule has 3 aliphatic rings. The normalized spacial score (nSPS) is 18.4. The average Bonchev–Trinajstić information content (AvgIpc) is 3.57. The Morgan fingerprint density at radius 3 is 2.51 bits per heavy atom. The summed E-state index contributed by atoms with van der Waals surface area (Å²) in [5.41, 5.74) is 6.75.